The minimum atomic E-state index is 0.201. The van der Waals surface area contributed by atoms with E-state index in [9.17, 15) is 0 Å². The number of hydrogen-bond acceptors (Lipinski definition) is 3. The highest BCUT2D eigenvalue weighted by Crippen LogP contribution is 2.35. The molecule has 0 saturated heterocycles. The lowest BCUT2D eigenvalue weighted by molar-refractivity contribution is 0.351. The topological polar surface area (TPSA) is 33.3 Å². The third-order valence-corrected chi connectivity index (χ3v) is 5.10. The van der Waals surface area contributed by atoms with E-state index in [1.165, 1.54) is 22.3 Å². The van der Waals surface area contributed by atoms with Crippen molar-refractivity contribution in [1.82, 2.24) is 10.6 Å². The van der Waals surface area contributed by atoms with E-state index in [-0.39, 0.29) is 12.1 Å². The predicted molar refractivity (Wildman–Crippen MR) is 105 cm³/mol. The highest BCUT2D eigenvalue weighted by molar-refractivity contribution is 5.38. The second-order valence-corrected chi connectivity index (χ2v) is 6.64. The maximum atomic E-state index is 5.51. The normalized spacial score (nSPS) is 19.0. The number of methoxy groups -OCH3 is 1. The van der Waals surface area contributed by atoms with Gasteiger partial charge in [0.25, 0.3) is 0 Å². The van der Waals surface area contributed by atoms with Crippen molar-refractivity contribution in [2.75, 3.05) is 7.11 Å². The summed E-state index contributed by atoms with van der Waals surface area (Å²) in [7, 11) is 1.73. The Balaban J connectivity index is 1.64. The molecule has 0 amide bonds. The van der Waals surface area contributed by atoms with Gasteiger partial charge >= 0.3 is 0 Å². The van der Waals surface area contributed by atoms with Crippen LogP contribution in [-0.2, 0) is 13.1 Å². The molecule has 2 N–H and O–H groups in total. The van der Waals surface area contributed by atoms with Gasteiger partial charge in [0, 0.05) is 18.7 Å². The van der Waals surface area contributed by atoms with Gasteiger partial charge in [0.15, 0.2) is 0 Å². The number of para-hydroxylation sites is 1. The molecule has 132 valence electrons. The van der Waals surface area contributed by atoms with Crippen LogP contribution in [0.25, 0.3) is 0 Å². The Labute approximate surface area is 155 Å². The Hall–Kier alpha value is -2.62. The fourth-order valence-corrected chi connectivity index (χ4v) is 3.78. The van der Waals surface area contributed by atoms with Crippen LogP contribution in [0.4, 0.5) is 0 Å². The maximum absolute atomic E-state index is 5.51. The summed E-state index contributed by atoms with van der Waals surface area (Å²) >= 11 is 0. The monoisotopic (exact) mass is 344 g/mol. The van der Waals surface area contributed by atoms with Gasteiger partial charge in [-0.25, -0.2) is 0 Å². The SMILES string of the molecule is COc1ccccc1CNC1c2ccccc2CNC1c1ccccc1. The van der Waals surface area contributed by atoms with Gasteiger partial charge in [0.1, 0.15) is 5.75 Å². The zero-order valence-corrected chi connectivity index (χ0v) is 15.0. The van der Waals surface area contributed by atoms with E-state index in [2.05, 4.69) is 77.4 Å². The second kappa shape index (κ2) is 7.73. The Bertz CT molecular complexity index is 863. The molecule has 26 heavy (non-hydrogen) atoms. The van der Waals surface area contributed by atoms with Gasteiger partial charge in [-0.3, -0.25) is 0 Å². The summed E-state index contributed by atoms with van der Waals surface area (Å²) in [6.45, 7) is 1.65. The predicted octanol–water partition coefficient (Wildman–Crippen LogP) is 4.37. The molecular weight excluding hydrogens is 320 g/mol. The lowest BCUT2D eigenvalue weighted by atomic mass is 9.87. The molecule has 0 aromatic heterocycles. The number of rotatable bonds is 5. The van der Waals surface area contributed by atoms with Gasteiger partial charge < -0.3 is 15.4 Å². The first-order valence-corrected chi connectivity index (χ1v) is 9.08. The van der Waals surface area contributed by atoms with Crippen molar-refractivity contribution >= 4 is 0 Å². The Kier molecular flexibility index (Phi) is 5.00. The fraction of sp³-hybridized carbons (Fsp3) is 0.217. The zero-order chi connectivity index (χ0) is 17.8. The van der Waals surface area contributed by atoms with Crippen LogP contribution in [-0.4, -0.2) is 7.11 Å². The molecule has 3 aromatic carbocycles. The smallest absolute Gasteiger partial charge is 0.123 e. The van der Waals surface area contributed by atoms with E-state index in [1.54, 1.807) is 7.11 Å². The van der Waals surface area contributed by atoms with E-state index in [0.29, 0.717) is 0 Å². The zero-order valence-electron chi connectivity index (χ0n) is 15.0. The van der Waals surface area contributed by atoms with E-state index in [1.807, 2.05) is 12.1 Å². The maximum Gasteiger partial charge on any atom is 0.123 e. The van der Waals surface area contributed by atoms with Crippen molar-refractivity contribution in [3.05, 3.63) is 101 Å². The summed E-state index contributed by atoms with van der Waals surface area (Å²) in [6.07, 6.45) is 0. The molecule has 0 fully saturated rings. The Morgan fingerprint density at radius 3 is 2.50 bits per heavy atom. The fourth-order valence-electron chi connectivity index (χ4n) is 3.78. The molecule has 0 saturated carbocycles. The highest BCUT2D eigenvalue weighted by Gasteiger charge is 2.29. The number of hydrogen-bond donors (Lipinski definition) is 2. The second-order valence-electron chi connectivity index (χ2n) is 6.64. The average Bonchev–Trinajstić information content (AvgIpc) is 2.72. The molecule has 3 nitrogen and oxygen atoms in total. The summed E-state index contributed by atoms with van der Waals surface area (Å²) in [5.41, 5.74) is 5.21. The number of ether oxygens (including phenoxy) is 1. The van der Waals surface area contributed by atoms with Crippen molar-refractivity contribution in [3.8, 4) is 5.75 Å². The quantitative estimate of drug-likeness (QED) is 0.721. The molecule has 0 radical (unpaired) electrons. The molecule has 1 aliphatic rings. The van der Waals surface area contributed by atoms with Crippen LogP contribution in [0.1, 0.15) is 34.3 Å². The van der Waals surface area contributed by atoms with Gasteiger partial charge in [0.05, 0.1) is 19.2 Å². The molecule has 2 atom stereocenters. The van der Waals surface area contributed by atoms with Crippen molar-refractivity contribution in [1.29, 1.82) is 0 Å². The number of nitrogens with one attached hydrogen (secondary N) is 2. The molecule has 4 rings (SSSR count). The summed E-state index contributed by atoms with van der Waals surface area (Å²) < 4.78 is 5.51. The first-order chi connectivity index (χ1) is 12.9. The summed E-state index contributed by atoms with van der Waals surface area (Å²) in [5.74, 6) is 0.924. The first kappa shape index (κ1) is 16.8. The minimum Gasteiger partial charge on any atom is -0.496 e. The molecule has 3 heteroatoms. The molecule has 0 aliphatic carbocycles. The highest BCUT2D eigenvalue weighted by atomic mass is 16.5. The van der Waals surface area contributed by atoms with Crippen LogP contribution < -0.4 is 15.4 Å². The third-order valence-electron chi connectivity index (χ3n) is 5.10. The van der Waals surface area contributed by atoms with Crippen LogP contribution in [0, 0.1) is 0 Å². The molecule has 1 aliphatic heterocycles. The molecule has 3 aromatic rings. The van der Waals surface area contributed by atoms with E-state index in [0.717, 1.165) is 18.8 Å². The largest absolute Gasteiger partial charge is 0.496 e. The van der Waals surface area contributed by atoms with E-state index in [4.69, 9.17) is 4.74 Å². The molecule has 0 spiro atoms. The summed E-state index contributed by atoms with van der Waals surface area (Å²) in [6, 6.07) is 28.0. The van der Waals surface area contributed by atoms with Crippen LogP contribution in [0.3, 0.4) is 0 Å². The van der Waals surface area contributed by atoms with Gasteiger partial charge in [-0.05, 0) is 22.8 Å². The standard InChI is InChI=1S/C23H24N2O/c1-26-21-14-8-6-12-19(21)16-25-23-20-13-7-5-11-18(20)15-24-22(23)17-9-3-2-4-10-17/h2-14,22-25H,15-16H2,1H3. The summed E-state index contributed by atoms with van der Waals surface area (Å²) in [4.78, 5) is 0. The summed E-state index contributed by atoms with van der Waals surface area (Å²) in [5, 5.41) is 7.49. The molecule has 0 bridgehead atoms. The van der Waals surface area contributed by atoms with Crippen molar-refractivity contribution < 1.29 is 4.74 Å². The molecule has 2 unspecified atom stereocenters. The molecule has 1 heterocycles. The van der Waals surface area contributed by atoms with E-state index >= 15 is 0 Å². The third kappa shape index (κ3) is 3.36. The first-order valence-electron chi connectivity index (χ1n) is 9.08. The average molecular weight is 344 g/mol. The number of benzene rings is 3. The Morgan fingerprint density at radius 2 is 1.65 bits per heavy atom. The van der Waals surface area contributed by atoms with Gasteiger partial charge in [0.2, 0.25) is 0 Å². The van der Waals surface area contributed by atoms with Crippen molar-refractivity contribution in [3.63, 3.8) is 0 Å². The van der Waals surface area contributed by atoms with Crippen molar-refractivity contribution in [2.45, 2.75) is 25.2 Å². The van der Waals surface area contributed by atoms with Crippen LogP contribution >= 0.6 is 0 Å². The molecular formula is C23H24N2O. The lowest BCUT2D eigenvalue weighted by Gasteiger charge is -2.36. The van der Waals surface area contributed by atoms with Gasteiger partial charge in [-0.1, -0.05) is 72.8 Å². The van der Waals surface area contributed by atoms with Crippen LogP contribution in [0.5, 0.6) is 5.75 Å². The van der Waals surface area contributed by atoms with Gasteiger partial charge in [-0.2, -0.15) is 0 Å². The van der Waals surface area contributed by atoms with Crippen LogP contribution in [0.15, 0.2) is 78.9 Å². The van der Waals surface area contributed by atoms with E-state index < -0.39 is 0 Å². The van der Waals surface area contributed by atoms with Crippen LogP contribution in [0.2, 0.25) is 0 Å². The lowest BCUT2D eigenvalue weighted by Crippen LogP contribution is -2.39. The Morgan fingerprint density at radius 1 is 0.923 bits per heavy atom. The van der Waals surface area contributed by atoms with Crippen molar-refractivity contribution in [2.24, 2.45) is 0 Å². The minimum absolute atomic E-state index is 0.201. The van der Waals surface area contributed by atoms with Gasteiger partial charge in [-0.15, -0.1) is 0 Å². The number of fused-ring (bicyclic) bond motifs is 1.